The number of aliphatic imine (C=N–C) groups is 1. The average molecular weight is 568 g/mol. The van der Waals surface area contributed by atoms with Gasteiger partial charge in [-0.25, -0.2) is 0 Å². The monoisotopic (exact) mass is 567 g/mol. The van der Waals surface area contributed by atoms with Crippen LogP contribution in [0.5, 0.6) is 0 Å². The molecule has 1 heterocycles. The molecule has 170 valence electrons. The maximum absolute atomic E-state index is 12.2. The molecular formula is C22H35ClIN3O2S. The van der Waals surface area contributed by atoms with E-state index in [0.29, 0.717) is 11.3 Å². The topological polar surface area (TPSA) is 62.7 Å². The van der Waals surface area contributed by atoms with Crippen molar-refractivity contribution in [2.45, 2.75) is 62.2 Å². The first kappa shape index (κ1) is 25.9. The number of nitrogens with zero attached hydrogens (tertiary/aromatic N) is 1. The summed E-state index contributed by atoms with van der Waals surface area (Å²) in [7, 11) is 1.09. The van der Waals surface area contributed by atoms with Gasteiger partial charge in [-0.2, -0.15) is 0 Å². The first-order valence-electron chi connectivity index (χ1n) is 10.7. The van der Waals surface area contributed by atoms with E-state index in [0.717, 1.165) is 75.0 Å². The molecule has 3 rings (SSSR count). The van der Waals surface area contributed by atoms with Gasteiger partial charge in [0.05, 0.1) is 0 Å². The third kappa shape index (κ3) is 6.56. The third-order valence-electron chi connectivity index (χ3n) is 6.34. The number of nitrogens with one attached hydrogen (secondary N) is 2. The SMILES string of the molecule is CCS(=O)C1CCCC(NC(=NC)NCC2(c3ccccc3Cl)CCOCC2)C1.I. The van der Waals surface area contributed by atoms with Crippen molar-refractivity contribution in [1.82, 2.24) is 10.6 Å². The zero-order chi connectivity index (χ0) is 20.7. The zero-order valence-electron chi connectivity index (χ0n) is 18.0. The van der Waals surface area contributed by atoms with Crippen molar-refractivity contribution in [2.75, 3.05) is 32.6 Å². The molecule has 2 N–H and O–H groups in total. The van der Waals surface area contributed by atoms with Crippen LogP contribution in [0.1, 0.15) is 51.0 Å². The van der Waals surface area contributed by atoms with E-state index < -0.39 is 10.8 Å². The second kappa shape index (κ2) is 12.6. The van der Waals surface area contributed by atoms with Gasteiger partial charge in [-0.05, 0) is 43.7 Å². The maximum Gasteiger partial charge on any atom is 0.191 e. The lowest BCUT2D eigenvalue weighted by Gasteiger charge is -2.39. The molecule has 0 amide bonds. The summed E-state index contributed by atoms with van der Waals surface area (Å²) in [5.74, 6) is 1.56. The van der Waals surface area contributed by atoms with Crippen LogP contribution in [0.4, 0.5) is 0 Å². The van der Waals surface area contributed by atoms with Crippen molar-refractivity contribution in [2.24, 2.45) is 4.99 Å². The summed E-state index contributed by atoms with van der Waals surface area (Å²) in [6.45, 7) is 4.25. The van der Waals surface area contributed by atoms with Gasteiger partial charge in [-0.15, -0.1) is 24.0 Å². The molecule has 2 aliphatic rings. The summed E-state index contributed by atoms with van der Waals surface area (Å²) in [5.41, 5.74) is 1.12. The lowest BCUT2D eigenvalue weighted by molar-refractivity contribution is 0.0514. The van der Waals surface area contributed by atoms with E-state index in [1.165, 1.54) is 5.56 Å². The van der Waals surface area contributed by atoms with Crippen LogP contribution in [0, 0.1) is 0 Å². The number of guanidine groups is 1. The number of hydrogen-bond donors (Lipinski definition) is 2. The average Bonchev–Trinajstić information content (AvgIpc) is 2.77. The van der Waals surface area contributed by atoms with Gasteiger partial charge in [0.25, 0.3) is 0 Å². The zero-order valence-corrected chi connectivity index (χ0v) is 21.9. The van der Waals surface area contributed by atoms with E-state index in [1.54, 1.807) is 0 Å². The Morgan fingerprint density at radius 1 is 1.30 bits per heavy atom. The smallest absolute Gasteiger partial charge is 0.191 e. The minimum absolute atomic E-state index is 0. The first-order chi connectivity index (χ1) is 14.1. The molecule has 1 aromatic carbocycles. The first-order valence-corrected chi connectivity index (χ1v) is 12.5. The maximum atomic E-state index is 12.2. The molecule has 5 nitrogen and oxygen atoms in total. The molecule has 1 aliphatic heterocycles. The summed E-state index contributed by atoms with van der Waals surface area (Å²) in [5, 5.41) is 8.25. The molecular weight excluding hydrogens is 533 g/mol. The number of benzene rings is 1. The normalized spacial score (nSPS) is 25.1. The molecule has 0 radical (unpaired) electrons. The second-order valence-corrected chi connectivity index (χ2v) is 10.5. The van der Waals surface area contributed by atoms with E-state index in [2.05, 4.69) is 27.8 Å². The Bertz CT molecular complexity index is 728. The van der Waals surface area contributed by atoms with E-state index >= 15 is 0 Å². The lowest BCUT2D eigenvalue weighted by Crippen LogP contribution is -2.51. The molecule has 1 aliphatic carbocycles. The Morgan fingerprint density at radius 2 is 2.03 bits per heavy atom. The van der Waals surface area contributed by atoms with E-state index in [9.17, 15) is 4.21 Å². The Hall–Kier alpha value is -0.380. The Labute approximate surface area is 205 Å². The highest BCUT2D eigenvalue weighted by molar-refractivity contribution is 14.0. The molecule has 0 bridgehead atoms. The van der Waals surface area contributed by atoms with Crippen LogP contribution in [0.15, 0.2) is 29.3 Å². The molecule has 0 aromatic heterocycles. The van der Waals surface area contributed by atoms with Crippen molar-refractivity contribution in [3.8, 4) is 0 Å². The standard InChI is InChI=1S/C22H34ClN3O2S.HI/c1-3-29(27)18-8-6-7-17(15-18)26-21(24-2)25-16-22(11-13-28-14-12-22)19-9-4-5-10-20(19)23;/h4-5,9-10,17-18H,3,6-8,11-16H2,1-2H3,(H2,24,25,26);1H. The van der Waals surface area contributed by atoms with Crippen LogP contribution in [-0.4, -0.2) is 54.0 Å². The van der Waals surface area contributed by atoms with Gasteiger partial charge in [-0.3, -0.25) is 9.20 Å². The summed E-state index contributed by atoms with van der Waals surface area (Å²) in [4.78, 5) is 4.46. The molecule has 8 heteroatoms. The lowest BCUT2D eigenvalue weighted by atomic mass is 9.74. The Balaban J connectivity index is 0.00000320. The van der Waals surface area contributed by atoms with Gasteiger partial charge < -0.3 is 15.4 Å². The van der Waals surface area contributed by atoms with Crippen LogP contribution >= 0.6 is 35.6 Å². The Kier molecular flexibility index (Phi) is 10.9. The molecule has 3 unspecified atom stereocenters. The molecule has 3 atom stereocenters. The van der Waals surface area contributed by atoms with Crippen molar-refractivity contribution >= 4 is 52.3 Å². The fourth-order valence-electron chi connectivity index (χ4n) is 4.59. The Morgan fingerprint density at radius 3 is 2.70 bits per heavy atom. The minimum Gasteiger partial charge on any atom is -0.381 e. The molecule has 2 fully saturated rings. The van der Waals surface area contributed by atoms with Crippen LogP contribution in [-0.2, 0) is 21.0 Å². The number of hydrogen-bond acceptors (Lipinski definition) is 3. The van der Waals surface area contributed by atoms with Crippen LogP contribution in [0.25, 0.3) is 0 Å². The second-order valence-electron chi connectivity index (χ2n) is 8.10. The highest BCUT2D eigenvalue weighted by atomic mass is 127. The molecule has 0 spiro atoms. The van der Waals surface area contributed by atoms with Gasteiger partial charge in [0.1, 0.15) is 0 Å². The molecule has 30 heavy (non-hydrogen) atoms. The van der Waals surface area contributed by atoms with Crippen molar-refractivity contribution in [3.63, 3.8) is 0 Å². The fraction of sp³-hybridized carbons (Fsp3) is 0.682. The van der Waals surface area contributed by atoms with Gasteiger partial charge in [0.15, 0.2) is 5.96 Å². The van der Waals surface area contributed by atoms with E-state index in [-0.39, 0.29) is 29.4 Å². The summed E-state index contributed by atoms with van der Waals surface area (Å²) >= 11 is 6.57. The van der Waals surface area contributed by atoms with E-state index in [1.807, 2.05) is 26.1 Å². The largest absolute Gasteiger partial charge is 0.381 e. The molecule has 1 aromatic rings. The third-order valence-corrected chi connectivity index (χ3v) is 8.41. The predicted molar refractivity (Wildman–Crippen MR) is 138 cm³/mol. The van der Waals surface area contributed by atoms with Crippen LogP contribution in [0.3, 0.4) is 0 Å². The summed E-state index contributed by atoms with van der Waals surface area (Å²) in [6.07, 6.45) is 6.10. The van der Waals surface area contributed by atoms with Crippen LogP contribution in [0.2, 0.25) is 5.02 Å². The quantitative estimate of drug-likeness (QED) is 0.307. The molecule has 1 saturated heterocycles. The molecule has 1 saturated carbocycles. The number of rotatable bonds is 6. The summed E-state index contributed by atoms with van der Waals surface area (Å²) < 4.78 is 17.9. The fourth-order valence-corrected chi connectivity index (χ4v) is 6.27. The summed E-state index contributed by atoms with van der Waals surface area (Å²) in [6, 6.07) is 8.46. The number of ether oxygens (including phenoxy) is 1. The van der Waals surface area contributed by atoms with Gasteiger partial charge in [0, 0.05) is 65.1 Å². The minimum atomic E-state index is -0.722. The van der Waals surface area contributed by atoms with Crippen molar-refractivity contribution in [1.29, 1.82) is 0 Å². The predicted octanol–water partition coefficient (Wildman–Crippen LogP) is 4.25. The van der Waals surface area contributed by atoms with Gasteiger partial charge in [-0.1, -0.05) is 43.1 Å². The van der Waals surface area contributed by atoms with Gasteiger partial charge in [0.2, 0.25) is 0 Å². The highest BCUT2D eigenvalue weighted by Gasteiger charge is 2.36. The van der Waals surface area contributed by atoms with E-state index in [4.69, 9.17) is 16.3 Å². The number of halogens is 2. The van der Waals surface area contributed by atoms with Crippen molar-refractivity contribution in [3.05, 3.63) is 34.9 Å². The van der Waals surface area contributed by atoms with Crippen molar-refractivity contribution < 1.29 is 8.95 Å². The van der Waals surface area contributed by atoms with Crippen LogP contribution < -0.4 is 10.6 Å². The highest BCUT2D eigenvalue weighted by Crippen LogP contribution is 2.38. The van der Waals surface area contributed by atoms with Gasteiger partial charge >= 0.3 is 0 Å².